The standard InChI is InChI=1S/C8H6N5.Hg/c1-2-4-8(5-3-1)6-10-13-7-9-11-12-13;/h1-6H;. The normalized spacial score (nSPS) is 11.0. The molecule has 0 N–H and O–H groups in total. The van der Waals surface area contributed by atoms with Gasteiger partial charge in [-0.3, -0.25) is 0 Å². The zero-order valence-corrected chi connectivity index (χ0v) is 12.9. The molecule has 0 bridgehead atoms. The Kier molecular flexibility index (Phi) is 2.98. The maximum atomic E-state index is 4.14. The van der Waals surface area contributed by atoms with Crippen LogP contribution < -0.4 is 3.33 Å². The predicted molar refractivity (Wildman–Crippen MR) is 46.9 cm³/mol. The average molecular weight is 373 g/mol. The van der Waals surface area contributed by atoms with Crippen LogP contribution >= 0.6 is 0 Å². The Morgan fingerprint density at radius 1 is 1.29 bits per heavy atom. The Hall–Kier alpha value is -1.10. The topological polar surface area (TPSA) is 56.0 Å². The van der Waals surface area contributed by atoms with Crippen molar-refractivity contribution >= 4 is 9.55 Å². The molecule has 65 valence electrons. The molecule has 6 heteroatoms. The van der Waals surface area contributed by atoms with Crippen molar-refractivity contribution in [3.05, 3.63) is 35.9 Å². The first-order valence-corrected chi connectivity index (χ1v) is 6.81. The van der Waals surface area contributed by atoms with E-state index < -0.39 is 0 Å². The number of hydrogen-bond donors (Lipinski definition) is 0. The summed E-state index contributed by atoms with van der Waals surface area (Å²) >= 11 is 0.385. The molecule has 0 aliphatic carbocycles. The Morgan fingerprint density at radius 2 is 2.07 bits per heavy atom. The number of benzene rings is 1. The molecule has 2 rings (SSSR count). The zero-order valence-electron chi connectivity index (χ0n) is 7.41. The summed E-state index contributed by atoms with van der Waals surface area (Å²) in [6, 6.07) is 9.85. The molecule has 1 heterocycles. The SMILES string of the molecule is [Hg][c]1nnnn1N=Cc1ccccc1. The van der Waals surface area contributed by atoms with E-state index in [1.165, 1.54) is 4.79 Å². The van der Waals surface area contributed by atoms with Crippen molar-refractivity contribution < 1.29 is 26.1 Å². The monoisotopic (exact) mass is 374 g/mol. The number of rotatable bonds is 2. The molecule has 0 aliphatic rings. The van der Waals surface area contributed by atoms with Gasteiger partial charge in [0, 0.05) is 0 Å². The maximum absolute atomic E-state index is 4.14. The van der Waals surface area contributed by atoms with Crippen molar-refractivity contribution in [3.8, 4) is 0 Å². The summed E-state index contributed by atoms with van der Waals surface area (Å²) in [4.78, 5) is 1.47. The fourth-order valence-electron chi connectivity index (χ4n) is 0.951. The van der Waals surface area contributed by atoms with E-state index in [9.17, 15) is 0 Å². The van der Waals surface area contributed by atoms with Crippen molar-refractivity contribution in [2.75, 3.05) is 0 Å². The minimum absolute atomic E-state index is 0.385. The number of tetrazole rings is 1. The third-order valence-corrected chi connectivity index (χ3v) is 3.28. The summed E-state index contributed by atoms with van der Waals surface area (Å²) in [6.07, 6.45) is 1.74. The quantitative estimate of drug-likeness (QED) is 0.538. The van der Waals surface area contributed by atoms with Gasteiger partial charge in [0.05, 0.1) is 0 Å². The van der Waals surface area contributed by atoms with Crippen molar-refractivity contribution in [1.82, 2.24) is 20.3 Å². The van der Waals surface area contributed by atoms with Crippen LogP contribution in [0.1, 0.15) is 5.56 Å². The van der Waals surface area contributed by atoms with Crippen LogP contribution in [0.4, 0.5) is 0 Å². The van der Waals surface area contributed by atoms with E-state index in [2.05, 4.69) is 20.6 Å². The van der Waals surface area contributed by atoms with Gasteiger partial charge in [-0.05, 0) is 0 Å². The summed E-state index contributed by atoms with van der Waals surface area (Å²) in [5.41, 5.74) is 1.04. The van der Waals surface area contributed by atoms with Gasteiger partial charge in [0.2, 0.25) is 0 Å². The predicted octanol–water partition coefficient (Wildman–Crippen LogP) is -0.273. The first-order chi connectivity index (χ1) is 6.86. The van der Waals surface area contributed by atoms with Gasteiger partial charge < -0.3 is 0 Å². The van der Waals surface area contributed by atoms with E-state index in [1.807, 2.05) is 30.3 Å². The Bertz CT molecular complexity index is 436. The second kappa shape index (κ2) is 4.41. The minimum atomic E-state index is 0.385. The molecule has 0 atom stereocenters. The molecule has 0 radical (unpaired) electrons. The van der Waals surface area contributed by atoms with Gasteiger partial charge in [-0.1, -0.05) is 0 Å². The second-order valence-corrected chi connectivity index (χ2v) is 5.10. The molecular weight excluding hydrogens is 367 g/mol. The summed E-state index contributed by atoms with van der Waals surface area (Å²) in [5, 5.41) is 15.2. The van der Waals surface area contributed by atoms with Crippen LogP contribution in [0.3, 0.4) is 0 Å². The Labute approximate surface area is 96.8 Å². The first-order valence-electron chi connectivity index (χ1n) is 4.06. The van der Waals surface area contributed by atoms with Gasteiger partial charge in [-0.2, -0.15) is 0 Å². The van der Waals surface area contributed by atoms with Crippen LogP contribution in [0.5, 0.6) is 0 Å². The number of aromatic nitrogens is 4. The molecule has 0 unspecified atom stereocenters. The van der Waals surface area contributed by atoms with E-state index in [0.29, 0.717) is 26.1 Å². The third-order valence-electron chi connectivity index (χ3n) is 1.63. The molecule has 1 aromatic heterocycles. The molecule has 0 saturated heterocycles. The number of hydrogen-bond acceptors (Lipinski definition) is 4. The molecule has 14 heavy (non-hydrogen) atoms. The van der Waals surface area contributed by atoms with Crippen LogP contribution in [-0.2, 0) is 26.1 Å². The van der Waals surface area contributed by atoms with Crippen LogP contribution in [-0.4, -0.2) is 26.5 Å². The number of nitrogens with zero attached hydrogens (tertiary/aromatic N) is 5. The summed E-state index contributed by atoms with van der Waals surface area (Å²) in [5.74, 6) is 0. The second-order valence-electron chi connectivity index (χ2n) is 2.64. The Morgan fingerprint density at radius 3 is 2.71 bits per heavy atom. The first kappa shape index (κ1) is 9.45. The van der Waals surface area contributed by atoms with Crippen LogP contribution in [0.15, 0.2) is 35.4 Å². The zero-order chi connectivity index (χ0) is 9.80. The molecule has 0 amide bonds. The van der Waals surface area contributed by atoms with Gasteiger partial charge in [-0.15, -0.1) is 0 Å². The summed E-state index contributed by atoms with van der Waals surface area (Å²) in [6.45, 7) is 0. The van der Waals surface area contributed by atoms with Gasteiger partial charge in [-0.25, -0.2) is 0 Å². The average Bonchev–Trinajstić information content (AvgIpc) is 2.63. The van der Waals surface area contributed by atoms with Crippen molar-refractivity contribution in [2.45, 2.75) is 0 Å². The van der Waals surface area contributed by atoms with Crippen molar-refractivity contribution in [1.29, 1.82) is 0 Å². The third kappa shape index (κ3) is 2.23. The molecule has 1 aromatic carbocycles. The molecule has 0 fully saturated rings. The van der Waals surface area contributed by atoms with E-state index >= 15 is 0 Å². The van der Waals surface area contributed by atoms with Crippen molar-refractivity contribution in [2.24, 2.45) is 5.10 Å². The fourth-order valence-corrected chi connectivity index (χ4v) is 1.76. The van der Waals surface area contributed by atoms with Gasteiger partial charge in [0.1, 0.15) is 0 Å². The summed E-state index contributed by atoms with van der Waals surface area (Å²) < 4.78 is 0.859. The molecule has 2 aromatic rings. The van der Waals surface area contributed by atoms with E-state index in [-0.39, 0.29) is 0 Å². The van der Waals surface area contributed by atoms with Gasteiger partial charge in [0.15, 0.2) is 0 Å². The molecule has 0 saturated carbocycles. The van der Waals surface area contributed by atoms with E-state index in [1.54, 1.807) is 6.21 Å². The molecular formula is C8H6HgN5. The van der Waals surface area contributed by atoms with Crippen LogP contribution in [0.2, 0.25) is 0 Å². The fraction of sp³-hybridized carbons (Fsp3) is 0. The van der Waals surface area contributed by atoms with Crippen LogP contribution in [0.25, 0.3) is 0 Å². The van der Waals surface area contributed by atoms with Gasteiger partial charge in [0.25, 0.3) is 0 Å². The molecule has 5 nitrogen and oxygen atoms in total. The van der Waals surface area contributed by atoms with Crippen LogP contribution in [0, 0.1) is 0 Å². The van der Waals surface area contributed by atoms with E-state index in [4.69, 9.17) is 0 Å². The van der Waals surface area contributed by atoms with Crippen molar-refractivity contribution in [3.63, 3.8) is 0 Å². The summed E-state index contributed by atoms with van der Waals surface area (Å²) in [7, 11) is 0. The molecule has 0 spiro atoms. The Balaban J connectivity index is 2.20. The molecule has 0 aliphatic heterocycles. The van der Waals surface area contributed by atoms with Gasteiger partial charge >= 0.3 is 97.0 Å². The van der Waals surface area contributed by atoms with E-state index in [0.717, 1.165) is 8.90 Å².